The molecule has 0 aliphatic rings. The topological polar surface area (TPSA) is 49.3 Å². The van der Waals surface area contributed by atoms with Crippen LogP contribution in [0.2, 0.25) is 10.0 Å². The standard InChI is InChI=1S/C14H11Cl2NO2/c1-8-2-5-12(10(6-8)14(18)19)17-13-7-9(15)3-4-11(13)16/h2-7,17H,1H3,(H,18,19). The molecule has 0 atom stereocenters. The minimum Gasteiger partial charge on any atom is -0.478 e. The van der Waals surface area contributed by atoms with Crippen LogP contribution in [-0.2, 0) is 0 Å². The third-order valence-corrected chi connectivity index (χ3v) is 3.17. The molecule has 0 fully saturated rings. The fourth-order valence-corrected chi connectivity index (χ4v) is 2.02. The predicted octanol–water partition coefficient (Wildman–Crippen LogP) is 4.74. The molecule has 0 radical (unpaired) electrons. The van der Waals surface area contributed by atoms with Gasteiger partial charge in [-0.15, -0.1) is 0 Å². The van der Waals surface area contributed by atoms with Crippen LogP contribution >= 0.6 is 23.2 Å². The molecular formula is C14H11Cl2NO2. The third-order valence-electron chi connectivity index (χ3n) is 2.60. The van der Waals surface area contributed by atoms with Crippen molar-refractivity contribution < 1.29 is 9.90 Å². The molecule has 2 N–H and O–H groups in total. The smallest absolute Gasteiger partial charge is 0.337 e. The SMILES string of the molecule is Cc1ccc(Nc2cc(Cl)ccc2Cl)c(C(=O)O)c1. The Bertz CT molecular complexity index is 641. The van der Waals surface area contributed by atoms with Gasteiger partial charge < -0.3 is 10.4 Å². The Hall–Kier alpha value is -1.71. The van der Waals surface area contributed by atoms with Crippen LogP contribution < -0.4 is 5.32 Å². The molecule has 2 rings (SSSR count). The number of benzene rings is 2. The zero-order valence-corrected chi connectivity index (χ0v) is 11.6. The van der Waals surface area contributed by atoms with Crippen LogP contribution in [0.25, 0.3) is 0 Å². The summed E-state index contributed by atoms with van der Waals surface area (Å²) in [6.45, 7) is 1.84. The van der Waals surface area contributed by atoms with E-state index in [9.17, 15) is 9.90 Å². The van der Waals surface area contributed by atoms with Crippen LogP contribution in [-0.4, -0.2) is 11.1 Å². The molecule has 0 amide bonds. The number of hydrogen-bond acceptors (Lipinski definition) is 2. The van der Waals surface area contributed by atoms with Gasteiger partial charge in [0.2, 0.25) is 0 Å². The minimum atomic E-state index is -0.996. The molecule has 19 heavy (non-hydrogen) atoms. The number of nitrogens with one attached hydrogen (secondary N) is 1. The van der Waals surface area contributed by atoms with Crippen LogP contribution in [0.3, 0.4) is 0 Å². The number of aryl methyl sites for hydroxylation is 1. The average Bonchev–Trinajstić information content (AvgIpc) is 2.35. The van der Waals surface area contributed by atoms with Gasteiger partial charge in [-0.05, 0) is 37.3 Å². The monoisotopic (exact) mass is 295 g/mol. The molecule has 0 unspecified atom stereocenters. The molecule has 98 valence electrons. The summed E-state index contributed by atoms with van der Waals surface area (Å²) in [5.74, 6) is -0.996. The number of carboxylic acids is 1. The van der Waals surface area contributed by atoms with Gasteiger partial charge in [-0.3, -0.25) is 0 Å². The van der Waals surface area contributed by atoms with Crippen molar-refractivity contribution in [2.75, 3.05) is 5.32 Å². The van der Waals surface area contributed by atoms with Crippen LogP contribution in [0.15, 0.2) is 36.4 Å². The van der Waals surface area contributed by atoms with Crippen molar-refractivity contribution in [3.63, 3.8) is 0 Å². The molecular weight excluding hydrogens is 285 g/mol. The Morgan fingerprint density at radius 3 is 2.53 bits per heavy atom. The van der Waals surface area contributed by atoms with E-state index in [4.69, 9.17) is 23.2 Å². The van der Waals surface area contributed by atoms with E-state index in [1.165, 1.54) is 0 Å². The maximum absolute atomic E-state index is 11.2. The lowest BCUT2D eigenvalue weighted by Gasteiger charge is -2.12. The molecule has 0 heterocycles. The summed E-state index contributed by atoms with van der Waals surface area (Å²) in [6.07, 6.45) is 0. The highest BCUT2D eigenvalue weighted by Crippen LogP contribution is 2.30. The minimum absolute atomic E-state index is 0.191. The number of hydrogen-bond donors (Lipinski definition) is 2. The molecule has 2 aromatic rings. The zero-order chi connectivity index (χ0) is 14.0. The normalized spacial score (nSPS) is 10.3. The summed E-state index contributed by atoms with van der Waals surface area (Å²) < 4.78 is 0. The van der Waals surface area contributed by atoms with Gasteiger partial charge in [0.15, 0.2) is 0 Å². The lowest BCUT2D eigenvalue weighted by atomic mass is 10.1. The Labute approximate surface area is 120 Å². The van der Waals surface area contributed by atoms with Gasteiger partial charge in [-0.25, -0.2) is 4.79 Å². The van der Waals surface area contributed by atoms with Crippen molar-refractivity contribution in [2.24, 2.45) is 0 Å². The van der Waals surface area contributed by atoms with Crippen molar-refractivity contribution in [2.45, 2.75) is 6.92 Å². The molecule has 5 heteroatoms. The highest BCUT2D eigenvalue weighted by atomic mass is 35.5. The first-order valence-corrected chi connectivity index (χ1v) is 6.29. The van der Waals surface area contributed by atoms with E-state index in [2.05, 4.69) is 5.32 Å². The van der Waals surface area contributed by atoms with Gasteiger partial charge in [0.05, 0.1) is 22.0 Å². The molecule has 2 aromatic carbocycles. The first kappa shape index (κ1) is 13.7. The zero-order valence-electron chi connectivity index (χ0n) is 10.1. The lowest BCUT2D eigenvalue weighted by Crippen LogP contribution is -2.03. The van der Waals surface area contributed by atoms with Gasteiger partial charge >= 0.3 is 5.97 Å². The predicted molar refractivity (Wildman–Crippen MR) is 77.9 cm³/mol. The summed E-state index contributed by atoms with van der Waals surface area (Å²) in [7, 11) is 0. The molecule has 0 aromatic heterocycles. The van der Waals surface area contributed by atoms with Crippen molar-refractivity contribution in [1.29, 1.82) is 0 Å². The Balaban J connectivity index is 2.43. The summed E-state index contributed by atoms with van der Waals surface area (Å²) >= 11 is 11.9. The molecule has 0 saturated heterocycles. The first-order chi connectivity index (χ1) is 8.97. The number of rotatable bonds is 3. The summed E-state index contributed by atoms with van der Waals surface area (Å²) in [5.41, 5.74) is 2.11. The lowest BCUT2D eigenvalue weighted by molar-refractivity contribution is 0.0698. The van der Waals surface area contributed by atoms with E-state index in [1.54, 1.807) is 30.3 Å². The summed E-state index contributed by atoms with van der Waals surface area (Å²) in [4.78, 5) is 11.2. The van der Waals surface area contributed by atoms with Gasteiger partial charge in [0.1, 0.15) is 0 Å². The molecule has 0 bridgehead atoms. The van der Waals surface area contributed by atoms with Gasteiger partial charge in [0.25, 0.3) is 0 Å². The van der Waals surface area contributed by atoms with Crippen LogP contribution in [0.1, 0.15) is 15.9 Å². The fourth-order valence-electron chi connectivity index (χ4n) is 1.68. The number of anilines is 2. The van der Waals surface area contributed by atoms with E-state index in [1.807, 2.05) is 13.0 Å². The van der Waals surface area contributed by atoms with E-state index < -0.39 is 5.97 Å². The maximum atomic E-state index is 11.2. The number of carboxylic acid groups (broad SMARTS) is 1. The van der Waals surface area contributed by atoms with E-state index >= 15 is 0 Å². The summed E-state index contributed by atoms with van der Waals surface area (Å²) in [6, 6.07) is 10.1. The second-order valence-electron chi connectivity index (χ2n) is 4.10. The molecule has 0 aliphatic heterocycles. The Morgan fingerprint density at radius 2 is 1.84 bits per heavy atom. The van der Waals surface area contributed by atoms with E-state index in [0.29, 0.717) is 21.4 Å². The van der Waals surface area contributed by atoms with Crippen LogP contribution in [0.5, 0.6) is 0 Å². The van der Waals surface area contributed by atoms with Crippen molar-refractivity contribution in [3.8, 4) is 0 Å². The molecule has 0 saturated carbocycles. The van der Waals surface area contributed by atoms with Gasteiger partial charge in [-0.2, -0.15) is 0 Å². The fraction of sp³-hybridized carbons (Fsp3) is 0.0714. The second-order valence-corrected chi connectivity index (χ2v) is 4.95. The summed E-state index contributed by atoms with van der Waals surface area (Å²) in [5, 5.41) is 13.2. The van der Waals surface area contributed by atoms with E-state index in [-0.39, 0.29) is 5.56 Å². The number of halogens is 2. The Kier molecular flexibility index (Phi) is 3.98. The Morgan fingerprint density at radius 1 is 1.11 bits per heavy atom. The number of aromatic carboxylic acids is 1. The van der Waals surface area contributed by atoms with Gasteiger partial charge in [-0.1, -0.05) is 34.8 Å². The number of carbonyl (C=O) groups is 1. The average molecular weight is 296 g/mol. The molecule has 3 nitrogen and oxygen atoms in total. The third kappa shape index (κ3) is 3.19. The molecule has 0 aliphatic carbocycles. The second kappa shape index (κ2) is 5.51. The van der Waals surface area contributed by atoms with Crippen LogP contribution in [0.4, 0.5) is 11.4 Å². The maximum Gasteiger partial charge on any atom is 0.337 e. The van der Waals surface area contributed by atoms with Crippen molar-refractivity contribution >= 4 is 40.5 Å². The largest absolute Gasteiger partial charge is 0.478 e. The van der Waals surface area contributed by atoms with Crippen LogP contribution in [0, 0.1) is 6.92 Å². The van der Waals surface area contributed by atoms with Crippen molar-refractivity contribution in [3.05, 3.63) is 57.6 Å². The van der Waals surface area contributed by atoms with Crippen molar-refractivity contribution in [1.82, 2.24) is 0 Å². The van der Waals surface area contributed by atoms with Gasteiger partial charge in [0, 0.05) is 5.02 Å². The first-order valence-electron chi connectivity index (χ1n) is 5.53. The quantitative estimate of drug-likeness (QED) is 0.859. The highest BCUT2D eigenvalue weighted by Gasteiger charge is 2.11. The molecule has 0 spiro atoms. The van der Waals surface area contributed by atoms with E-state index in [0.717, 1.165) is 5.56 Å². The highest BCUT2D eigenvalue weighted by molar-refractivity contribution is 6.35.